The van der Waals surface area contributed by atoms with Gasteiger partial charge in [0.2, 0.25) is 0 Å². The van der Waals surface area contributed by atoms with Crippen LogP contribution in [0, 0.1) is 0 Å². The Kier molecular flexibility index (Phi) is 4.33. The minimum absolute atomic E-state index is 0.0851. The maximum atomic E-state index is 12.2. The van der Waals surface area contributed by atoms with Crippen LogP contribution in [0.1, 0.15) is 24.5 Å². The third-order valence-corrected chi connectivity index (χ3v) is 3.67. The maximum absolute atomic E-state index is 12.2. The third-order valence-electron chi connectivity index (χ3n) is 3.67. The zero-order valence-electron chi connectivity index (χ0n) is 13.3. The van der Waals surface area contributed by atoms with Gasteiger partial charge in [-0.3, -0.25) is 4.79 Å². The molecule has 1 aliphatic rings. The molecule has 0 saturated heterocycles. The minimum Gasteiger partial charge on any atom is -0.493 e. The molecule has 0 unspecified atom stereocenters. The number of methoxy groups -OCH3 is 1. The standard InChI is InChI=1S/C19H19NO3/c1-3-10-23-18-12-13(8-9-17(18)22-2)11-15-14-6-4-5-7-16(14)20-19(15)21/h4-9,11-12H,3,10H2,1-2H3,(H,20,21)/b15-11+. The predicted octanol–water partition coefficient (Wildman–Crippen LogP) is 3.98. The molecule has 1 N–H and O–H groups in total. The summed E-state index contributed by atoms with van der Waals surface area (Å²) in [6.07, 6.45) is 2.80. The second-order valence-corrected chi connectivity index (χ2v) is 5.32. The fourth-order valence-electron chi connectivity index (χ4n) is 2.56. The highest BCUT2D eigenvalue weighted by Crippen LogP contribution is 2.34. The number of rotatable bonds is 5. The SMILES string of the molecule is CCCOc1cc(/C=C2/C(=O)Nc3ccccc32)ccc1OC. The van der Waals surface area contributed by atoms with Crippen molar-refractivity contribution in [1.82, 2.24) is 0 Å². The molecule has 4 nitrogen and oxygen atoms in total. The molecule has 3 rings (SSSR count). The quantitative estimate of drug-likeness (QED) is 0.850. The van der Waals surface area contributed by atoms with Crippen molar-refractivity contribution >= 4 is 23.2 Å². The average molecular weight is 309 g/mol. The van der Waals surface area contributed by atoms with Gasteiger partial charge in [-0.25, -0.2) is 0 Å². The van der Waals surface area contributed by atoms with Crippen molar-refractivity contribution in [2.24, 2.45) is 0 Å². The number of hydrogen-bond donors (Lipinski definition) is 1. The van der Waals surface area contributed by atoms with Crippen LogP contribution < -0.4 is 14.8 Å². The largest absolute Gasteiger partial charge is 0.493 e. The first-order chi connectivity index (χ1) is 11.2. The first kappa shape index (κ1) is 15.2. The van der Waals surface area contributed by atoms with Gasteiger partial charge in [0.25, 0.3) is 5.91 Å². The zero-order valence-corrected chi connectivity index (χ0v) is 13.3. The lowest BCUT2D eigenvalue weighted by atomic mass is 10.0. The number of benzene rings is 2. The number of amides is 1. The van der Waals surface area contributed by atoms with Gasteiger partial charge in [0.1, 0.15) is 0 Å². The Bertz CT molecular complexity index is 765. The van der Waals surface area contributed by atoms with E-state index in [0.717, 1.165) is 23.2 Å². The van der Waals surface area contributed by atoms with Gasteiger partial charge in [-0.1, -0.05) is 31.2 Å². The molecule has 0 atom stereocenters. The Morgan fingerprint density at radius 2 is 1.96 bits per heavy atom. The van der Waals surface area contributed by atoms with Crippen LogP contribution in [-0.2, 0) is 4.79 Å². The molecule has 0 spiro atoms. The zero-order chi connectivity index (χ0) is 16.2. The molecule has 1 heterocycles. The van der Waals surface area contributed by atoms with E-state index in [1.165, 1.54) is 0 Å². The van der Waals surface area contributed by atoms with E-state index in [1.54, 1.807) is 7.11 Å². The summed E-state index contributed by atoms with van der Waals surface area (Å²) in [6, 6.07) is 13.3. The lowest BCUT2D eigenvalue weighted by Crippen LogP contribution is -2.03. The number of hydrogen-bond acceptors (Lipinski definition) is 3. The fraction of sp³-hybridized carbons (Fsp3) is 0.211. The summed E-state index contributed by atoms with van der Waals surface area (Å²) in [6.45, 7) is 2.68. The van der Waals surface area contributed by atoms with Gasteiger partial charge in [0.15, 0.2) is 11.5 Å². The van der Waals surface area contributed by atoms with E-state index in [4.69, 9.17) is 9.47 Å². The van der Waals surface area contributed by atoms with Crippen molar-refractivity contribution in [3.05, 3.63) is 53.6 Å². The Morgan fingerprint density at radius 3 is 2.74 bits per heavy atom. The van der Waals surface area contributed by atoms with E-state index >= 15 is 0 Å². The first-order valence-corrected chi connectivity index (χ1v) is 7.66. The summed E-state index contributed by atoms with van der Waals surface area (Å²) in [5.74, 6) is 1.30. The minimum atomic E-state index is -0.0851. The average Bonchev–Trinajstić information content (AvgIpc) is 2.89. The van der Waals surface area contributed by atoms with Crippen LogP contribution in [-0.4, -0.2) is 19.6 Å². The summed E-state index contributed by atoms with van der Waals surface area (Å²) in [4.78, 5) is 12.2. The maximum Gasteiger partial charge on any atom is 0.256 e. The van der Waals surface area contributed by atoms with Crippen molar-refractivity contribution in [1.29, 1.82) is 0 Å². The van der Waals surface area contributed by atoms with Crippen molar-refractivity contribution in [3.8, 4) is 11.5 Å². The van der Waals surface area contributed by atoms with Crippen LogP contribution in [0.25, 0.3) is 11.6 Å². The lowest BCUT2D eigenvalue weighted by Gasteiger charge is -2.10. The highest BCUT2D eigenvalue weighted by Gasteiger charge is 2.23. The number of carbonyl (C=O) groups is 1. The monoisotopic (exact) mass is 309 g/mol. The van der Waals surface area contributed by atoms with E-state index in [-0.39, 0.29) is 5.91 Å². The fourth-order valence-corrected chi connectivity index (χ4v) is 2.56. The lowest BCUT2D eigenvalue weighted by molar-refractivity contribution is -0.110. The van der Waals surface area contributed by atoms with Crippen molar-refractivity contribution in [3.63, 3.8) is 0 Å². The van der Waals surface area contributed by atoms with Crippen LogP contribution in [0.5, 0.6) is 11.5 Å². The van der Waals surface area contributed by atoms with Crippen LogP contribution in [0.3, 0.4) is 0 Å². The molecular formula is C19H19NO3. The van der Waals surface area contributed by atoms with Crippen molar-refractivity contribution in [2.45, 2.75) is 13.3 Å². The van der Waals surface area contributed by atoms with Gasteiger partial charge in [-0.05, 0) is 36.3 Å². The van der Waals surface area contributed by atoms with E-state index in [0.29, 0.717) is 23.7 Å². The summed E-state index contributed by atoms with van der Waals surface area (Å²) in [5, 5.41) is 2.88. The van der Waals surface area contributed by atoms with Crippen molar-refractivity contribution < 1.29 is 14.3 Å². The molecule has 2 aromatic rings. The summed E-state index contributed by atoms with van der Waals surface area (Å²) >= 11 is 0. The second kappa shape index (κ2) is 6.57. The molecule has 0 fully saturated rings. The summed E-state index contributed by atoms with van der Waals surface area (Å²) in [5.41, 5.74) is 3.33. The van der Waals surface area contributed by atoms with Crippen LogP contribution in [0.2, 0.25) is 0 Å². The molecule has 23 heavy (non-hydrogen) atoms. The molecule has 2 aromatic carbocycles. The molecular weight excluding hydrogens is 290 g/mol. The van der Waals surface area contributed by atoms with E-state index in [9.17, 15) is 4.79 Å². The van der Waals surface area contributed by atoms with Crippen LogP contribution in [0.4, 0.5) is 5.69 Å². The van der Waals surface area contributed by atoms with Crippen molar-refractivity contribution in [2.75, 3.05) is 19.0 Å². The normalized spacial score (nSPS) is 14.5. The third kappa shape index (κ3) is 3.06. The molecule has 0 aliphatic carbocycles. The van der Waals surface area contributed by atoms with E-state index < -0.39 is 0 Å². The van der Waals surface area contributed by atoms with Gasteiger partial charge >= 0.3 is 0 Å². The number of ether oxygens (including phenoxy) is 2. The number of nitrogens with one attached hydrogen (secondary N) is 1. The van der Waals surface area contributed by atoms with Gasteiger partial charge in [0, 0.05) is 16.8 Å². The molecule has 0 radical (unpaired) electrons. The molecule has 4 heteroatoms. The smallest absolute Gasteiger partial charge is 0.256 e. The number of fused-ring (bicyclic) bond motifs is 1. The second-order valence-electron chi connectivity index (χ2n) is 5.32. The Hall–Kier alpha value is -2.75. The van der Waals surface area contributed by atoms with E-state index in [1.807, 2.05) is 48.5 Å². The first-order valence-electron chi connectivity index (χ1n) is 7.66. The number of para-hydroxylation sites is 1. The van der Waals surface area contributed by atoms with Crippen LogP contribution in [0.15, 0.2) is 42.5 Å². The Labute approximate surface area is 135 Å². The topological polar surface area (TPSA) is 47.6 Å². The predicted molar refractivity (Wildman–Crippen MR) is 91.7 cm³/mol. The van der Waals surface area contributed by atoms with Gasteiger partial charge in [0.05, 0.1) is 13.7 Å². The molecule has 118 valence electrons. The van der Waals surface area contributed by atoms with E-state index in [2.05, 4.69) is 12.2 Å². The van der Waals surface area contributed by atoms with Gasteiger partial charge in [-0.2, -0.15) is 0 Å². The highest BCUT2D eigenvalue weighted by molar-refractivity contribution is 6.34. The molecule has 1 aliphatic heterocycles. The number of carbonyl (C=O) groups excluding carboxylic acids is 1. The molecule has 0 aromatic heterocycles. The van der Waals surface area contributed by atoms with Crippen LogP contribution >= 0.6 is 0 Å². The molecule has 0 bridgehead atoms. The summed E-state index contributed by atoms with van der Waals surface area (Å²) < 4.78 is 11.0. The van der Waals surface area contributed by atoms with Gasteiger partial charge < -0.3 is 14.8 Å². The van der Waals surface area contributed by atoms with Gasteiger partial charge in [-0.15, -0.1) is 0 Å². The highest BCUT2D eigenvalue weighted by atomic mass is 16.5. The summed E-state index contributed by atoms with van der Waals surface area (Å²) in [7, 11) is 1.62. The molecule has 0 saturated carbocycles. The Morgan fingerprint density at radius 1 is 1.13 bits per heavy atom. The Balaban J connectivity index is 1.97. The molecule has 1 amide bonds. The number of anilines is 1.